The number of alkyl halides is 1. The number of carbonyl (C=O) groups is 1. The average Bonchev–Trinajstić information content (AvgIpc) is 2.07. The van der Waals surface area contributed by atoms with Crippen molar-refractivity contribution in [2.75, 3.05) is 0 Å². The molecule has 0 bridgehead atoms. The lowest BCUT2D eigenvalue weighted by atomic mass is 9.97. The number of hydrogen-bond donors (Lipinski definition) is 0. The first-order valence-electron chi connectivity index (χ1n) is 4.93. The van der Waals surface area contributed by atoms with E-state index in [0.717, 1.165) is 12.8 Å². The van der Waals surface area contributed by atoms with E-state index in [1.807, 2.05) is 32.9 Å². The molecule has 0 spiro atoms. The SMILES string of the molecule is CC(C)(C)C(=O)O[C@H]1C=C[C@H](Cl)CC1. The molecule has 3 heteroatoms. The van der Waals surface area contributed by atoms with E-state index in [9.17, 15) is 4.79 Å². The van der Waals surface area contributed by atoms with Gasteiger partial charge in [-0.3, -0.25) is 4.79 Å². The molecule has 0 radical (unpaired) electrons. The Labute approximate surface area is 90.3 Å². The maximum absolute atomic E-state index is 11.5. The molecule has 0 aromatic carbocycles. The highest BCUT2D eigenvalue weighted by Gasteiger charge is 2.26. The van der Waals surface area contributed by atoms with Crippen molar-refractivity contribution < 1.29 is 9.53 Å². The van der Waals surface area contributed by atoms with Crippen LogP contribution in [0.25, 0.3) is 0 Å². The average molecular weight is 217 g/mol. The van der Waals surface area contributed by atoms with Gasteiger partial charge in [-0.25, -0.2) is 0 Å². The van der Waals surface area contributed by atoms with Crippen LogP contribution in [0.3, 0.4) is 0 Å². The quantitative estimate of drug-likeness (QED) is 0.383. The number of carbonyl (C=O) groups excluding carboxylic acids is 1. The molecule has 0 aliphatic heterocycles. The monoisotopic (exact) mass is 216 g/mol. The summed E-state index contributed by atoms with van der Waals surface area (Å²) in [5, 5.41) is 0.0968. The van der Waals surface area contributed by atoms with Crippen LogP contribution in [0.4, 0.5) is 0 Å². The van der Waals surface area contributed by atoms with Gasteiger partial charge >= 0.3 is 5.97 Å². The summed E-state index contributed by atoms with van der Waals surface area (Å²) in [6.45, 7) is 5.56. The fourth-order valence-electron chi connectivity index (χ4n) is 1.17. The Hall–Kier alpha value is -0.500. The molecular weight excluding hydrogens is 200 g/mol. The van der Waals surface area contributed by atoms with E-state index in [1.165, 1.54) is 0 Å². The summed E-state index contributed by atoms with van der Waals surface area (Å²) < 4.78 is 5.32. The van der Waals surface area contributed by atoms with E-state index < -0.39 is 5.41 Å². The fourth-order valence-corrected chi connectivity index (χ4v) is 1.38. The van der Waals surface area contributed by atoms with Crippen molar-refractivity contribution in [3.8, 4) is 0 Å². The summed E-state index contributed by atoms with van der Waals surface area (Å²) in [6, 6.07) is 0. The zero-order chi connectivity index (χ0) is 10.8. The molecule has 0 heterocycles. The smallest absolute Gasteiger partial charge is 0.311 e. The minimum atomic E-state index is -0.425. The van der Waals surface area contributed by atoms with Crippen molar-refractivity contribution in [3.05, 3.63) is 12.2 Å². The molecule has 80 valence electrons. The van der Waals surface area contributed by atoms with Crippen molar-refractivity contribution in [3.63, 3.8) is 0 Å². The van der Waals surface area contributed by atoms with Crippen molar-refractivity contribution in [2.24, 2.45) is 5.41 Å². The Morgan fingerprint density at radius 3 is 2.43 bits per heavy atom. The van der Waals surface area contributed by atoms with E-state index in [0.29, 0.717) is 0 Å². The number of halogens is 1. The molecule has 1 rings (SSSR count). The van der Waals surface area contributed by atoms with Gasteiger partial charge in [-0.05, 0) is 39.7 Å². The summed E-state index contributed by atoms with van der Waals surface area (Å²) in [7, 11) is 0. The molecule has 0 fully saturated rings. The second-order valence-corrected chi connectivity index (χ2v) is 5.23. The number of hydrogen-bond acceptors (Lipinski definition) is 2. The first-order chi connectivity index (χ1) is 6.39. The molecule has 0 unspecified atom stereocenters. The summed E-state index contributed by atoms with van der Waals surface area (Å²) in [4.78, 5) is 11.5. The lowest BCUT2D eigenvalue weighted by molar-refractivity contribution is -0.156. The van der Waals surface area contributed by atoms with Gasteiger partial charge in [-0.1, -0.05) is 6.08 Å². The minimum Gasteiger partial charge on any atom is -0.458 e. The Morgan fingerprint density at radius 2 is 2.00 bits per heavy atom. The van der Waals surface area contributed by atoms with Gasteiger partial charge in [-0.15, -0.1) is 11.6 Å². The van der Waals surface area contributed by atoms with Crippen molar-refractivity contribution in [1.29, 1.82) is 0 Å². The molecule has 0 N–H and O–H groups in total. The molecule has 0 aromatic heterocycles. The minimum absolute atomic E-state index is 0.0864. The number of esters is 1. The van der Waals surface area contributed by atoms with Crippen LogP contribution < -0.4 is 0 Å². The van der Waals surface area contributed by atoms with Crippen molar-refractivity contribution in [2.45, 2.75) is 45.1 Å². The predicted octanol–water partition coefficient (Wildman–Crippen LogP) is 2.90. The molecule has 2 atom stereocenters. The molecule has 0 saturated heterocycles. The van der Waals surface area contributed by atoms with Crippen LogP contribution in [0.5, 0.6) is 0 Å². The maximum Gasteiger partial charge on any atom is 0.311 e. The summed E-state index contributed by atoms with van der Waals surface area (Å²) in [6.07, 6.45) is 5.39. The molecule has 0 aromatic rings. The molecule has 1 aliphatic carbocycles. The third-order valence-electron chi connectivity index (χ3n) is 2.13. The van der Waals surface area contributed by atoms with Crippen molar-refractivity contribution in [1.82, 2.24) is 0 Å². The lowest BCUT2D eigenvalue weighted by Gasteiger charge is -2.24. The first-order valence-corrected chi connectivity index (χ1v) is 5.37. The van der Waals surface area contributed by atoms with Crippen LogP contribution in [-0.4, -0.2) is 17.5 Å². The highest BCUT2D eigenvalue weighted by Crippen LogP contribution is 2.22. The lowest BCUT2D eigenvalue weighted by Crippen LogP contribution is -2.28. The van der Waals surface area contributed by atoms with E-state index >= 15 is 0 Å². The second kappa shape index (κ2) is 4.35. The van der Waals surface area contributed by atoms with Crippen LogP contribution in [-0.2, 0) is 9.53 Å². The van der Waals surface area contributed by atoms with E-state index in [-0.39, 0.29) is 17.5 Å². The highest BCUT2D eigenvalue weighted by atomic mass is 35.5. The summed E-state index contributed by atoms with van der Waals surface area (Å²) in [5.41, 5.74) is -0.425. The van der Waals surface area contributed by atoms with Crippen LogP contribution in [0.2, 0.25) is 0 Å². The van der Waals surface area contributed by atoms with E-state index in [4.69, 9.17) is 16.3 Å². The van der Waals surface area contributed by atoms with Gasteiger partial charge < -0.3 is 4.74 Å². The maximum atomic E-state index is 11.5. The fraction of sp³-hybridized carbons (Fsp3) is 0.727. The molecule has 0 saturated carbocycles. The zero-order valence-corrected chi connectivity index (χ0v) is 9.67. The Kier molecular flexibility index (Phi) is 3.59. The van der Waals surface area contributed by atoms with Gasteiger partial charge in [0.05, 0.1) is 10.8 Å². The Bertz CT molecular complexity index is 240. The van der Waals surface area contributed by atoms with Gasteiger partial charge in [0.25, 0.3) is 0 Å². The van der Waals surface area contributed by atoms with Crippen LogP contribution in [0, 0.1) is 5.41 Å². The van der Waals surface area contributed by atoms with Gasteiger partial charge in [0.1, 0.15) is 6.10 Å². The van der Waals surface area contributed by atoms with Crippen LogP contribution >= 0.6 is 11.6 Å². The van der Waals surface area contributed by atoms with Crippen LogP contribution in [0.15, 0.2) is 12.2 Å². The van der Waals surface area contributed by atoms with Gasteiger partial charge in [-0.2, -0.15) is 0 Å². The largest absolute Gasteiger partial charge is 0.458 e. The van der Waals surface area contributed by atoms with E-state index in [2.05, 4.69) is 0 Å². The third-order valence-corrected chi connectivity index (χ3v) is 2.50. The van der Waals surface area contributed by atoms with Gasteiger partial charge in [0, 0.05) is 0 Å². The van der Waals surface area contributed by atoms with Crippen LogP contribution in [0.1, 0.15) is 33.6 Å². The molecule has 2 nitrogen and oxygen atoms in total. The third kappa shape index (κ3) is 3.33. The Morgan fingerprint density at radius 1 is 1.36 bits per heavy atom. The van der Waals surface area contributed by atoms with Gasteiger partial charge in [0.2, 0.25) is 0 Å². The normalized spacial score (nSPS) is 27.4. The van der Waals surface area contributed by atoms with E-state index in [1.54, 1.807) is 0 Å². The second-order valence-electron chi connectivity index (χ2n) is 4.67. The highest BCUT2D eigenvalue weighted by molar-refractivity contribution is 6.21. The number of ether oxygens (including phenoxy) is 1. The van der Waals surface area contributed by atoms with Gasteiger partial charge in [0.15, 0.2) is 0 Å². The summed E-state index contributed by atoms with van der Waals surface area (Å²) >= 11 is 5.88. The zero-order valence-electron chi connectivity index (χ0n) is 8.92. The molecule has 0 amide bonds. The molecule has 1 aliphatic rings. The number of rotatable bonds is 1. The topological polar surface area (TPSA) is 26.3 Å². The molecular formula is C11H17ClO2. The van der Waals surface area contributed by atoms with Crippen molar-refractivity contribution >= 4 is 17.6 Å². The predicted molar refractivity (Wildman–Crippen MR) is 57.4 cm³/mol. The Balaban J connectivity index is 2.46. The standard InChI is InChI=1S/C11H17ClO2/c1-11(2,3)10(13)14-9-6-4-8(12)5-7-9/h4,6,8-9H,5,7H2,1-3H3/t8-,9-/m0/s1. The molecule has 14 heavy (non-hydrogen) atoms. The number of allylic oxidation sites excluding steroid dienone is 1. The first kappa shape index (κ1) is 11.6. The summed E-state index contributed by atoms with van der Waals surface area (Å²) in [5.74, 6) is -0.153.